The first-order chi connectivity index (χ1) is 14.5. The largest absolute Gasteiger partial charge is 0.497 e. The quantitative estimate of drug-likeness (QED) is 0.652. The van der Waals surface area contributed by atoms with Crippen LogP contribution in [0.2, 0.25) is 0 Å². The summed E-state index contributed by atoms with van der Waals surface area (Å²) in [5.74, 6) is 0.827. The average Bonchev–Trinajstić information content (AvgIpc) is 3.44. The van der Waals surface area contributed by atoms with Gasteiger partial charge in [-0.05, 0) is 66.6 Å². The molecule has 0 saturated heterocycles. The summed E-state index contributed by atoms with van der Waals surface area (Å²) >= 11 is 0. The molecule has 1 amide bonds. The van der Waals surface area contributed by atoms with E-state index < -0.39 is 0 Å². The van der Waals surface area contributed by atoms with Gasteiger partial charge in [-0.25, -0.2) is 9.40 Å². The predicted molar refractivity (Wildman–Crippen MR) is 112 cm³/mol. The molecule has 30 heavy (non-hydrogen) atoms. The predicted octanol–water partition coefficient (Wildman–Crippen LogP) is 4.53. The summed E-state index contributed by atoms with van der Waals surface area (Å²) in [5.41, 5.74) is 3.14. The Morgan fingerprint density at radius 3 is 2.77 bits per heavy atom. The SMILES string of the molecule is COc1ccc(C2=NN(C(=O)CNc3cc(F)ccc3C)C(c3ccco3)C2)cc1. The molecule has 0 radical (unpaired) electrons. The number of methoxy groups -OCH3 is 1. The molecule has 2 heterocycles. The highest BCUT2D eigenvalue weighted by molar-refractivity contribution is 6.03. The van der Waals surface area contributed by atoms with Gasteiger partial charge in [-0.15, -0.1) is 0 Å². The van der Waals surface area contributed by atoms with Crippen LogP contribution in [0.3, 0.4) is 0 Å². The van der Waals surface area contributed by atoms with E-state index in [2.05, 4.69) is 10.4 Å². The maximum atomic E-state index is 13.5. The van der Waals surface area contributed by atoms with Gasteiger partial charge in [-0.1, -0.05) is 6.07 Å². The molecule has 4 rings (SSSR count). The zero-order chi connectivity index (χ0) is 21.1. The number of furan rings is 1. The Kier molecular flexibility index (Phi) is 5.52. The highest BCUT2D eigenvalue weighted by Gasteiger charge is 2.34. The molecule has 154 valence electrons. The molecule has 0 spiro atoms. The van der Waals surface area contributed by atoms with Crippen molar-refractivity contribution in [3.8, 4) is 5.75 Å². The first-order valence-electron chi connectivity index (χ1n) is 9.62. The van der Waals surface area contributed by atoms with Crippen molar-refractivity contribution in [1.29, 1.82) is 0 Å². The highest BCUT2D eigenvalue weighted by atomic mass is 19.1. The summed E-state index contributed by atoms with van der Waals surface area (Å²) in [4.78, 5) is 13.0. The Labute approximate surface area is 174 Å². The molecule has 0 fully saturated rings. The van der Waals surface area contributed by atoms with Gasteiger partial charge in [-0.2, -0.15) is 5.10 Å². The molecule has 0 aliphatic carbocycles. The fourth-order valence-electron chi connectivity index (χ4n) is 3.44. The molecular weight excluding hydrogens is 385 g/mol. The van der Waals surface area contributed by atoms with Crippen LogP contribution >= 0.6 is 0 Å². The van der Waals surface area contributed by atoms with Crippen LogP contribution in [-0.4, -0.2) is 30.3 Å². The summed E-state index contributed by atoms with van der Waals surface area (Å²) in [6.45, 7) is 1.84. The number of halogens is 1. The first kappa shape index (κ1) is 19.7. The van der Waals surface area contributed by atoms with E-state index in [4.69, 9.17) is 9.15 Å². The lowest BCUT2D eigenvalue weighted by atomic mass is 10.0. The molecule has 7 heteroatoms. The number of hydrogen-bond acceptors (Lipinski definition) is 5. The Morgan fingerprint density at radius 1 is 1.27 bits per heavy atom. The van der Waals surface area contributed by atoms with Crippen molar-refractivity contribution < 1.29 is 18.3 Å². The van der Waals surface area contributed by atoms with Gasteiger partial charge in [-0.3, -0.25) is 4.79 Å². The van der Waals surface area contributed by atoms with Crippen LogP contribution in [0.1, 0.15) is 29.3 Å². The van der Waals surface area contributed by atoms with Gasteiger partial charge >= 0.3 is 0 Å². The fraction of sp³-hybridized carbons (Fsp3) is 0.217. The molecule has 6 nitrogen and oxygen atoms in total. The summed E-state index contributed by atoms with van der Waals surface area (Å²) in [5, 5.41) is 9.05. The summed E-state index contributed by atoms with van der Waals surface area (Å²) < 4.78 is 24.3. The Balaban J connectivity index is 1.56. The van der Waals surface area contributed by atoms with Crippen LogP contribution in [-0.2, 0) is 4.79 Å². The van der Waals surface area contributed by atoms with Crippen LogP contribution in [0.5, 0.6) is 5.75 Å². The highest BCUT2D eigenvalue weighted by Crippen LogP contribution is 2.33. The molecule has 0 bridgehead atoms. The Hall–Kier alpha value is -3.61. The maximum Gasteiger partial charge on any atom is 0.262 e. The number of ether oxygens (including phenoxy) is 1. The van der Waals surface area contributed by atoms with Crippen LogP contribution in [0.15, 0.2) is 70.4 Å². The summed E-state index contributed by atoms with van der Waals surface area (Å²) in [7, 11) is 1.61. The van der Waals surface area contributed by atoms with E-state index in [0.717, 1.165) is 22.6 Å². The number of carbonyl (C=O) groups is 1. The zero-order valence-electron chi connectivity index (χ0n) is 16.8. The minimum absolute atomic E-state index is 0.0130. The summed E-state index contributed by atoms with van der Waals surface area (Å²) in [6, 6.07) is 15.3. The minimum atomic E-state index is -0.356. The number of nitrogens with one attached hydrogen (secondary N) is 1. The second-order valence-corrected chi connectivity index (χ2v) is 7.06. The minimum Gasteiger partial charge on any atom is -0.497 e. The smallest absolute Gasteiger partial charge is 0.262 e. The van der Waals surface area contributed by atoms with Crippen LogP contribution in [0, 0.1) is 12.7 Å². The average molecular weight is 407 g/mol. The number of carbonyl (C=O) groups excluding carboxylic acids is 1. The van der Waals surface area contributed by atoms with Gasteiger partial charge in [0.25, 0.3) is 5.91 Å². The number of anilines is 1. The van der Waals surface area contributed by atoms with Crippen molar-refractivity contribution in [3.05, 3.63) is 83.6 Å². The molecule has 1 N–H and O–H groups in total. The molecule has 1 aliphatic rings. The first-order valence-corrected chi connectivity index (χ1v) is 9.62. The van der Waals surface area contributed by atoms with Gasteiger partial charge in [0.1, 0.15) is 23.4 Å². The monoisotopic (exact) mass is 407 g/mol. The van der Waals surface area contributed by atoms with E-state index >= 15 is 0 Å². The third kappa shape index (κ3) is 4.05. The number of hydrazone groups is 1. The zero-order valence-corrected chi connectivity index (χ0v) is 16.8. The topological polar surface area (TPSA) is 67.1 Å². The fourth-order valence-corrected chi connectivity index (χ4v) is 3.44. The number of rotatable bonds is 6. The van der Waals surface area contributed by atoms with E-state index in [1.807, 2.05) is 37.3 Å². The van der Waals surface area contributed by atoms with Gasteiger partial charge < -0.3 is 14.5 Å². The van der Waals surface area contributed by atoms with Crippen molar-refractivity contribution in [1.82, 2.24) is 5.01 Å². The molecule has 1 aliphatic heterocycles. The molecular formula is C23H22FN3O3. The van der Waals surface area contributed by atoms with Gasteiger partial charge in [0, 0.05) is 12.1 Å². The lowest BCUT2D eigenvalue weighted by Gasteiger charge is -2.20. The molecule has 2 aromatic carbocycles. The van der Waals surface area contributed by atoms with E-state index in [-0.39, 0.29) is 24.3 Å². The number of benzene rings is 2. The van der Waals surface area contributed by atoms with Gasteiger partial charge in [0.15, 0.2) is 0 Å². The lowest BCUT2D eigenvalue weighted by molar-refractivity contribution is -0.131. The number of nitrogens with zero attached hydrogens (tertiary/aromatic N) is 2. The molecule has 1 atom stereocenters. The molecule has 1 aromatic heterocycles. The van der Waals surface area contributed by atoms with Crippen molar-refractivity contribution in [2.75, 3.05) is 19.0 Å². The molecule has 1 unspecified atom stereocenters. The van der Waals surface area contributed by atoms with Crippen molar-refractivity contribution in [3.63, 3.8) is 0 Å². The van der Waals surface area contributed by atoms with Crippen molar-refractivity contribution in [2.24, 2.45) is 5.10 Å². The normalized spacial score (nSPS) is 15.8. The van der Waals surface area contributed by atoms with Crippen LogP contribution in [0.25, 0.3) is 0 Å². The molecule has 3 aromatic rings. The second kappa shape index (κ2) is 8.41. The maximum absolute atomic E-state index is 13.5. The van der Waals surface area contributed by atoms with Gasteiger partial charge in [0.05, 0.1) is 25.6 Å². The van der Waals surface area contributed by atoms with Crippen molar-refractivity contribution in [2.45, 2.75) is 19.4 Å². The number of amides is 1. The number of hydrogen-bond donors (Lipinski definition) is 1. The van der Waals surface area contributed by atoms with Crippen LogP contribution in [0.4, 0.5) is 10.1 Å². The number of aryl methyl sites for hydroxylation is 1. The van der Waals surface area contributed by atoms with E-state index in [0.29, 0.717) is 17.9 Å². The van der Waals surface area contributed by atoms with E-state index in [1.54, 1.807) is 25.5 Å². The standard InChI is InChI=1S/C23H22FN3O3/c1-15-5-8-17(24)12-19(15)25-14-23(28)27-21(22-4-3-11-30-22)13-20(26-27)16-6-9-18(29-2)10-7-16/h3-12,21,25H,13-14H2,1-2H3. The molecule has 0 saturated carbocycles. The third-order valence-electron chi connectivity index (χ3n) is 5.09. The van der Waals surface area contributed by atoms with Gasteiger partial charge in [0.2, 0.25) is 0 Å². The van der Waals surface area contributed by atoms with E-state index in [1.165, 1.54) is 17.1 Å². The van der Waals surface area contributed by atoms with Crippen molar-refractivity contribution >= 4 is 17.3 Å². The lowest BCUT2D eigenvalue weighted by Crippen LogP contribution is -2.32. The summed E-state index contributed by atoms with van der Waals surface area (Å²) in [6.07, 6.45) is 2.11. The Bertz CT molecular complexity index is 1060. The van der Waals surface area contributed by atoms with Crippen LogP contribution < -0.4 is 10.1 Å². The van der Waals surface area contributed by atoms with E-state index in [9.17, 15) is 9.18 Å². The Morgan fingerprint density at radius 2 is 2.07 bits per heavy atom. The second-order valence-electron chi connectivity index (χ2n) is 7.06. The third-order valence-corrected chi connectivity index (χ3v) is 5.09.